The first-order chi connectivity index (χ1) is 16.0. The predicted octanol–water partition coefficient (Wildman–Crippen LogP) is 3.61. The zero-order chi connectivity index (χ0) is 22.6. The number of nitro groups is 1. The second kappa shape index (κ2) is 7.50. The van der Waals surface area contributed by atoms with Gasteiger partial charge >= 0.3 is 5.69 Å². The van der Waals surface area contributed by atoms with Crippen molar-refractivity contribution in [2.45, 2.75) is 50.6 Å². The number of hydrogen-bond donors (Lipinski definition) is 1. The van der Waals surface area contributed by atoms with Gasteiger partial charge < -0.3 is 0 Å². The van der Waals surface area contributed by atoms with Crippen LogP contribution >= 0.6 is 0 Å². The van der Waals surface area contributed by atoms with Crippen LogP contribution in [0, 0.1) is 27.9 Å². The lowest BCUT2D eigenvalue weighted by Gasteiger charge is -2.56. The van der Waals surface area contributed by atoms with Gasteiger partial charge in [-0.25, -0.2) is 9.67 Å². The highest BCUT2D eigenvalue weighted by Gasteiger charge is 2.53. The molecule has 0 unspecified atom stereocenters. The summed E-state index contributed by atoms with van der Waals surface area (Å²) in [4.78, 5) is 28.3. The number of rotatable bonds is 6. The highest BCUT2D eigenvalue weighted by atomic mass is 16.6. The first-order valence-electron chi connectivity index (χ1n) is 11.5. The number of benzene rings is 1. The molecule has 3 aromatic rings. The Morgan fingerprint density at radius 2 is 1.76 bits per heavy atom. The highest BCUT2D eigenvalue weighted by molar-refractivity contribution is 6.04. The molecule has 0 spiro atoms. The van der Waals surface area contributed by atoms with E-state index in [2.05, 4.69) is 20.5 Å². The summed E-state index contributed by atoms with van der Waals surface area (Å²) in [5.41, 5.74) is 0.389. The molecule has 10 heteroatoms. The van der Waals surface area contributed by atoms with Crippen LogP contribution in [0.15, 0.2) is 42.9 Å². The molecule has 1 N–H and O–H groups in total. The van der Waals surface area contributed by atoms with Crippen molar-refractivity contribution in [3.05, 3.63) is 64.2 Å². The molecule has 2 heterocycles. The molecule has 4 saturated carbocycles. The molecule has 0 atom stereocenters. The summed E-state index contributed by atoms with van der Waals surface area (Å²) >= 11 is 0. The molecule has 4 bridgehead atoms. The van der Waals surface area contributed by atoms with E-state index in [0.29, 0.717) is 24.3 Å². The Balaban J connectivity index is 1.24. The Morgan fingerprint density at radius 1 is 1.09 bits per heavy atom. The molecule has 170 valence electrons. The van der Waals surface area contributed by atoms with Crippen LogP contribution in [0.3, 0.4) is 0 Å². The van der Waals surface area contributed by atoms with E-state index < -0.39 is 10.8 Å². The minimum absolute atomic E-state index is 0.0922. The summed E-state index contributed by atoms with van der Waals surface area (Å²) in [5, 5.41) is 23.1. The SMILES string of the molecule is O=C(Nc1ncn(Cc2ccccc2)n1)c1nn(C23CC4CC(CC(C4)C2)C3)cc1[N+](=O)[O-]. The summed E-state index contributed by atoms with van der Waals surface area (Å²) < 4.78 is 3.35. The van der Waals surface area contributed by atoms with Crippen molar-refractivity contribution in [2.75, 3.05) is 5.32 Å². The second-order valence-electron chi connectivity index (χ2n) is 9.91. The zero-order valence-electron chi connectivity index (χ0n) is 18.1. The van der Waals surface area contributed by atoms with Gasteiger partial charge in [-0.05, 0) is 61.8 Å². The van der Waals surface area contributed by atoms with Gasteiger partial charge in [0, 0.05) is 0 Å². The minimum Gasteiger partial charge on any atom is -0.287 e. The normalized spacial score (nSPS) is 27.6. The smallest absolute Gasteiger partial charge is 0.287 e. The van der Waals surface area contributed by atoms with Gasteiger partial charge in [-0.2, -0.15) is 5.10 Å². The molecule has 4 aliphatic rings. The molecule has 33 heavy (non-hydrogen) atoms. The Hall–Kier alpha value is -3.56. The van der Waals surface area contributed by atoms with Crippen molar-refractivity contribution >= 4 is 17.5 Å². The molecule has 0 aliphatic heterocycles. The molecule has 1 amide bonds. The number of carbonyl (C=O) groups is 1. The van der Waals surface area contributed by atoms with Crippen LogP contribution in [0.1, 0.15) is 54.6 Å². The van der Waals surface area contributed by atoms with Crippen molar-refractivity contribution in [2.24, 2.45) is 17.8 Å². The number of nitrogens with one attached hydrogen (secondary N) is 1. The zero-order valence-corrected chi connectivity index (χ0v) is 18.1. The molecular weight excluding hydrogens is 422 g/mol. The fraction of sp³-hybridized carbons (Fsp3) is 0.478. The van der Waals surface area contributed by atoms with Crippen molar-refractivity contribution in [1.29, 1.82) is 0 Å². The van der Waals surface area contributed by atoms with E-state index in [0.717, 1.165) is 24.8 Å². The minimum atomic E-state index is -0.664. The number of nitrogens with zero attached hydrogens (tertiary/aromatic N) is 6. The fourth-order valence-corrected chi connectivity index (χ4v) is 6.61. The average Bonchev–Trinajstić information content (AvgIpc) is 3.41. The molecule has 0 radical (unpaired) electrons. The maximum absolute atomic E-state index is 13.0. The van der Waals surface area contributed by atoms with Crippen molar-refractivity contribution in [3.63, 3.8) is 0 Å². The first kappa shape index (κ1) is 20.1. The van der Waals surface area contributed by atoms with Crippen molar-refractivity contribution < 1.29 is 9.72 Å². The molecule has 4 aliphatic carbocycles. The van der Waals surface area contributed by atoms with E-state index in [1.165, 1.54) is 31.8 Å². The summed E-state index contributed by atoms with van der Waals surface area (Å²) in [7, 11) is 0. The highest BCUT2D eigenvalue weighted by Crippen LogP contribution is 2.58. The van der Waals surface area contributed by atoms with E-state index >= 15 is 0 Å². The maximum Gasteiger partial charge on any atom is 0.320 e. The maximum atomic E-state index is 13.0. The van der Waals surface area contributed by atoms with E-state index in [4.69, 9.17) is 0 Å². The Labute approximate surface area is 190 Å². The lowest BCUT2D eigenvalue weighted by atomic mass is 9.53. The van der Waals surface area contributed by atoms with Gasteiger partial charge in [-0.15, -0.1) is 5.10 Å². The van der Waals surface area contributed by atoms with Gasteiger partial charge in [0.1, 0.15) is 12.5 Å². The standard InChI is InChI=1S/C23H25N7O3/c31-21(25-22-24-14-28(27-22)12-15-4-2-1-3-5-15)20-19(30(32)33)13-29(26-20)23-9-16-6-17(10-23)8-18(7-16)11-23/h1-5,13-14,16-18H,6-12H2,(H,25,27,31). The molecule has 7 rings (SSSR count). The molecule has 1 aromatic carbocycles. The number of aromatic nitrogens is 5. The monoisotopic (exact) mass is 447 g/mol. The summed E-state index contributed by atoms with van der Waals surface area (Å²) in [6.45, 7) is 0.504. The van der Waals surface area contributed by atoms with Crippen LogP contribution in [0.4, 0.5) is 11.6 Å². The van der Waals surface area contributed by atoms with Gasteiger partial charge in [0.2, 0.25) is 11.6 Å². The molecule has 0 saturated heterocycles. The van der Waals surface area contributed by atoms with E-state index in [9.17, 15) is 14.9 Å². The third kappa shape index (κ3) is 3.59. The van der Waals surface area contributed by atoms with Gasteiger partial charge in [0.15, 0.2) is 0 Å². The van der Waals surface area contributed by atoms with Crippen LogP contribution in [0.5, 0.6) is 0 Å². The van der Waals surface area contributed by atoms with Crippen LogP contribution in [0.2, 0.25) is 0 Å². The topological polar surface area (TPSA) is 121 Å². The molecule has 10 nitrogen and oxygen atoms in total. The first-order valence-corrected chi connectivity index (χ1v) is 11.5. The lowest BCUT2D eigenvalue weighted by Crippen LogP contribution is -2.52. The summed E-state index contributed by atoms with van der Waals surface area (Å²) in [6.07, 6.45) is 9.72. The predicted molar refractivity (Wildman–Crippen MR) is 119 cm³/mol. The largest absolute Gasteiger partial charge is 0.320 e. The Bertz CT molecular complexity index is 1180. The van der Waals surface area contributed by atoms with E-state index in [1.54, 1.807) is 9.36 Å². The van der Waals surface area contributed by atoms with Crippen molar-refractivity contribution in [1.82, 2.24) is 24.5 Å². The van der Waals surface area contributed by atoms with Crippen molar-refractivity contribution in [3.8, 4) is 0 Å². The third-order valence-corrected chi connectivity index (χ3v) is 7.55. The lowest BCUT2D eigenvalue weighted by molar-refractivity contribution is -0.385. The Kier molecular flexibility index (Phi) is 4.56. The quantitative estimate of drug-likeness (QED) is 0.455. The number of amides is 1. The van der Waals surface area contributed by atoms with Gasteiger partial charge in [0.25, 0.3) is 5.91 Å². The number of anilines is 1. The number of carbonyl (C=O) groups excluding carboxylic acids is 1. The fourth-order valence-electron chi connectivity index (χ4n) is 6.61. The second-order valence-corrected chi connectivity index (χ2v) is 9.91. The van der Waals surface area contributed by atoms with Gasteiger partial charge in [-0.3, -0.25) is 24.9 Å². The summed E-state index contributed by atoms with van der Waals surface area (Å²) in [5.74, 6) is 1.41. The molecular formula is C23H25N7O3. The van der Waals surface area contributed by atoms with E-state index in [-0.39, 0.29) is 22.9 Å². The van der Waals surface area contributed by atoms with Crippen LogP contribution in [0.25, 0.3) is 0 Å². The van der Waals surface area contributed by atoms with Crippen LogP contribution in [-0.4, -0.2) is 35.4 Å². The third-order valence-electron chi connectivity index (χ3n) is 7.55. The van der Waals surface area contributed by atoms with E-state index in [1.807, 2.05) is 30.3 Å². The van der Waals surface area contributed by atoms with Gasteiger partial charge in [-0.1, -0.05) is 30.3 Å². The average molecular weight is 447 g/mol. The van der Waals surface area contributed by atoms with Crippen LogP contribution < -0.4 is 5.32 Å². The number of hydrogen-bond acceptors (Lipinski definition) is 6. The molecule has 2 aromatic heterocycles. The Morgan fingerprint density at radius 3 is 2.39 bits per heavy atom. The van der Waals surface area contributed by atoms with Gasteiger partial charge in [0.05, 0.1) is 17.0 Å². The summed E-state index contributed by atoms with van der Waals surface area (Å²) in [6, 6.07) is 9.76. The molecule has 4 fully saturated rings. The van der Waals surface area contributed by atoms with Crippen LogP contribution in [-0.2, 0) is 12.1 Å².